The summed E-state index contributed by atoms with van der Waals surface area (Å²) in [6, 6.07) is 9.29. The summed E-state index contributed by atoms with van der Waals surface area (Å²) in [6.45, 7) is 6.07. The van der Waals surface area contributed by atoms with E-state index in [9.17, 15) is 4.79 Å². The zero-order valence-electron chi connectivity index (χ0n) is 21.7. The predicted molar refractivity (Wildman–Crippen MR) is 152 cm³/mol. The summed E-state index contributed by atoms with van der Waals surface area (Å²) >= 11 is 12.6. The van der Waals surface area contributed by atoms with Gasteiger partial charge in [-0.25, -0.2) is 15.0 Å². The minimum Gasteiger partial charge on any atom is -0.481 e. The Bertz CT molecular complexity index is 1260. The summed E-state index contributed by atoms with van der Waals surface area (Å²) < 4.78 is 6.14. The van der Waals surface area contributed by atoms with E-state index in [4.69, 9.17) is 38.0 Å². The molecule has 0 aliphatic carbocycles. The van der Waals surface area contributed by atoms with Gasteiger partial charge in [0.05, 0.1) is 18.1 Å². The van der Waals surface area contributed by atoms with Crippen molar-refractivity contribution in [2.75, 3.05) is 44.2 Å². The molecule has 2 fully saturated rings. The largest absolute Gasteiger partial charge is 0.481 e. The molecule has 2 saturated heterocycles. The molecule has 2 N–H and O–H groups in total. The number of halogens is 2. The minimum atomic E-state index is -0.727. The van der Waals surface area contributed by atoms with Gasteiger partial charge in [0.2, 0.25) is 11.8 Å². The number of nitrogens with one attached hydrogen (secondary N) is 1. The third kappa shape index (κ3) is 7.79. The molecule has 0 saturated carbocycles. The minimum absolute atomic E-state index is 0.229. The van der Waals surface area contributed by atoms with Gasteiger partial charge >= 0.3 is 5.97 Å². The van der Waals surface area contributed by atoms with E-state index in [0.29, 0.717) is 39.9 Å². The Kier molecular flexibility index (Phi) is 9.13. The van der Waals surface area contributed by atoms with Gasteiger partial charge in [-0.05, 0) is 74.6 Å². The number of pyridine rings is 1. The van der Waals surface area contributed by atoms with Crippen molar-refractivity contribution in [1.82, 2.24) is 25.2 Å². The van der Waals surface area contributed by atoms with Gasteiger partial charge in [-0.1, -0.05) is 23.2 Å². The Morgan fingerprint density at radius 1 is 1.00 bits per heavy atom. The highest BCUT2D eigenvalue weighted by Gasteiger charge is 2.22. The van der Waals surface area contributed by atoms with Crippen LogP contribution in [0.4, 0.5) is 5.95 Å². The first kappa shape index (κ1) is 27.6. The number of nitrogens with zero attached hydrogens (tertiary/aromatic N) is 5. The molecule has 39 heavy (non-hydrogen) atoms. The van der Waals surface area contributed by atoms with Crippen LogP contribution in [0, 0.1) is 5.92 Å². The fraction of sp³-hybridized carbons (Fsp3) is 0.429. The van der Waals surface area contributed by atoms with Crippen LogP contribution in [0.5, 0.6) is 11.6 Å². The van der Waals surface area contributed by atoms with Gasteiger partial charge in [0.25, 0.3) is 0 Å². The van der Waals surface area contributed by atoms with Crippen molar-refractivity contribution in [2.45, 2.75) is 32.2 Å². The Morgan fingerprint density at radius 2 is 1.74 bits per heavy atom. The van der Waals surface area contributed by atoms with E-state index in [-0.39, 0.29) is 12.3 Å². The molecule has 2 aliphatic rings. The van der Waals surface area contributed by atoms with Crippen LogP contribution in [-0.2, 0) is 11.3 Å². The molecule has 0 unspecified atom stereocenters. The number of likely N-dealkylation sites (tertiary alicyclic amines) is 1. The number of rotatable bonds is 8. The summed E-state index contributed by atoms with van der Waals surface area (Å²) in [5.41, 5.74) is 2.51. The number of carbonyl (C=O) groups is 1. The molecule has 1 aromatic carbocycles. The van der Waals surface area contributed by atoms with Gasteiger partial charge in [-0.3, -0.25) is 9.69 Å². The number of aliphatic carboxylic acids is 1. The number of hydrogen-bond acceptors (Lipinski definition) is 8. The summed E-state index contributed by atoms with van der Waals surface area (Å²) in [5, 5.41) is 13.6. The maximum atomic E-state index is 11.1. The molecule has 2 aliphatic heterocycles. The molecule has 5 rings (SSSR count). The van der Waals surface area contributed by atoms with Crippen molar-refractivity contribution in [1.29, 1.82) is 0 Å². The molecule has 0 radical (unpaired) electrons. The van der Waals surface area contributed by atoms with Crippen molar-refractivity contribution in [3.63, 3.8) is 0 Å². The third-order valence-corrected chi connectivity index (χ3v) is 7.49. The SMILES string of the molecule is O=C(O)CC1CCN(Cc2cc(Oc3cnc(N4CCCNCC4)nc3)nc(-c3cc(Cl)cc(Cl)c3)c2)CC1. The lowest BCUT2D eigenvalue weighted by molar-refractivity contribution is -0.138. The maximum Gasteiger partial charge on any atom is 0.303 e. The van der Waals surface area contributed by atoms with Crippen molar-refractivity contribution >= 4 is 35.1 Å². The second-order valence-electron chi connectivity index (χ2n) is 10.1. The van der Waals surface area contributed by atoms with Crippen molar-refractivity contribution in [3.05, 3.63) is 58.3 Å². The molecule has 206 valence electrons. The number of anilines is 1. The lowest BCUT2D eigenvalue weighted by atomic mass is 9.93. The number of carboxylic acid groups (broad SMARTS) is 1. The summed E-state index contributed by atoms with van der Waals surface area (Å²) in [5.74, 6) is 1.12. The van der Waals surface area contributed by atoms with E-state index in [1.54, 1.807) is 18.5 Å². The fourth-order valence-electron chi connectivity index (χ4n) is 5.10. The zero-order valence-corrected chi connectivity index (χ0v) is 23.2. The van der Waals surface area contributed by atoms with E-state index in [2.05, 4.69) is 25.1 Å². The highest BCUT2D eigenvalue weighted by molar-refractivity contribution is 6.35. The standard InChI is InChI=1S/C28H32Cl2N6O3/c29-22-13-21(14-23(30)15-22)25-10-20(18-35-7-2-19(3-8-35)12-27(37)38)11-26(34-25)39-24-16-32-28(33-17-24)36-6-1-4-31-5-9-36/h10-11,13-17,19,31H,1-9,12,18H2,(H,37,38). The van der Waals surface area contributed by atoms with Gasteiger partial charge in [-0.2, -0.15) is 0 Å². The van der Waals surface area contributed by atoms with E-state index in [0.717, 1.165) is 69.7 Å². The normalized spacial score (nSPS) is 17.1. The summed E-state index contributed by atoms with van der Waals surface area (Å²) in [4.78, 5) is 29.4. The Labute approximate surface area is 238 Å². The molecule has 4 heterocycles. The lowest BCUT2D eigenvalue weighted by Crippen LogP contribution is -2.33. The van der Waals surface area contributed by atoms with Gasteiger partial charge in [0, 0.05) is 54.3 Å². The topological polar surface area (TPSA) is 104 Å². The van der Waals surface area contributed by atoms with E-state index < -0.39 is 5.97 Å². The quantitative estimate of drug-likeness (QED) is 0.381. The second-order valence-corrected chi connectivity index (χ2v) is 11.0. The van der Waals surface area contributed by atoms with Crippen LogP contribution in [0.15, 0.2) is 42.7 Å². The molecule has 0 spiro atoms. The zero-order chi connectivity index (χ0) is 27.2. The second kappa shape index (κ2) is 12.9. The first-order valence-corrected chi connectivity index (χ1v) is 14.0. The summed E-state index contributed by atoms with van der Waals surface area (Å²) in [6.07, 6.45) is 6.38. The molecule has 3 aromatic rings. The monoisotopic (exact) mass is 570 g/mol. The molecule has 2 aromatic heterocycles. The number of hydrogen-bond donors (Lipinski definition) is 2. The first-order valence-electron chi connectivity index (χ1n) is 13.3. The van der Waals surface area contributed by atoms with Crippen molar-refractivity contribution < 1.29 is 14.6 Å². The summed E-state index contributed by atoms with van der Waals surface area (Å²) in [7, 11) is 0. The van der Waals surface area contributed by atoms with E-state index in [1.807, 2.05) is 24.3 Å². The van der Waals surface area contributed by atoms with Gasteiger partial charge in [0.1, 0.15) is 0 Å². The molecular weight excluding hydrogens is 539 g/mol. The third-order valence-electron chi connectivity index (χ3n) is 7.06. The van der Waals surface area contributed by atoms with Crippen LogP contribution < -0.4 is 15.0 Å². The Balaban J connectivity index is 1.35. The number of ether oxygens (including phenoxy) is 1. The Morgan fingerprint density at radius 3 is 2.46 bits per heavy atom. The Hall–Kier alpha value is -2.98. The molecule has 0 atom stereocenters. The van der Waals surface area contributed by atoms with Crippen LogP contribution in [0.25, 0.3) is 11.3 Å². The molecule has 9 nitrogen and oxygen atoms in total. The van der Waals surface area contributed by atoms with Gasteiger partial charge < -0.3 is 20.1 Å². The number of piperidine rings is 1. The lowest BCUT2D eigenvalue weighted by Gasteiger charge is -2.31. The average Bonchev–Trinajstić information content (AvgIpc) is 3.19. The number of carboxylic acids is 1. The highest BCUT2D eigenvalue weighted by Crippen LogP contribution is 2.31. The predicted octanol–water partition coefficient (Wildman–Crippen LogP) is 5.12. The van der Waals surface area contributed by atoms with Crippen molar-refractivity contribution in [3.8, 4) is 22.9 Å². The van der Waals surface area contributed by atoms with E-state index in [1.165, 1.54) is 0 Å². The van der Waals surface area contributed by atoms with Gasteiger partial charge in [-0.15, -0.1) is 0 Å². The maximum absolute atomic E-state index is 11.1. The van der Waals surface area contributed by atoms with E-state index >= 15 is 0 Å². The average molecular weight is 572 g/mol. The van der Waals surface area contributed by atoms with Crippen LogP contribution in [0.1, 0.15) is 31.2 Å². The van der Waals surface area contributed by atoms with Gasteiger partial charge in [0.15, 0.2) is 5.75 Å². The fourth-order valence-corrected chi connectivity index (χ4v) is 5.62. The molecular formula is C28H32Cl2N6O3. The smallest absolute Gasteiger partial charge is 0.303 e. The molecule has 0 bridgehead atoms. The molecule has 0 amide bonds. The molecule has 11 heteroatoms. The van der Waals surface area contributed by atoms with Crippen LogP contribution in [0.2, 0.25) is 10.0 Å². The number of aromatic nitrogens is 3. The highest BCUT2D eigenvalue weighted by atomic mass is 35.5. The van der Waals surface area contributed by atoms with Crippen LogP contribution in [0.3, 0.4) is 0 Å². The number of benzene rings is 1. The van der Waals surface area contributed by atoms with Crippen LogP contribution in [-0.4, -0.2) is 70.2 Å². The van der Waals surface area contributed by atoms with Crippen LogP contribution >= 0.6 is 23.2 Å². The van der Waals surface area contributed by atoms with Crippen molar-refractivity contribution in [2.24, 2.45) is 5.92 Å². The first-order chi connectivity index (χ1) is 18.9.